The third-order valence-corrected chi connectivity index (χ3v) is 4.97. The number of nitrogens with zero attached hydrogens (tertiary/aromatic N) is 1. The van der Waals surface area contributed by atoms with Gasteiger partial charge in [-0.3, -0.25) is 4.79 Å². The first-order valence-electron chi connectivity index (χ1n) is 6.11. The molecule has 0 saturated carbocycles. The van der Waals surface area contributed by atoms with Crippen molar-refractivity contribution in [3.63, 3.8) is 0 Å². The molecule has 0 aliphatic carbocycles. The maximum atomic E-state index is 12.4. The summed E-state index contributed by atoms with van der Waals surface area (Å²) < 4.78 is 25.9. The fourth-order valence-electron chi connectivity index (χ4n) is 1.96. The Balaban J connectivity index is 2.20. The van der Waals surface area contributed by atoms with Gasteiger partial charge in [0.15, 0.2) is 0 Å². The molecule has 21 heavy (non-hydrogen) atoms. The quantitative estimate of drug-likeness (QED) is 0.818. The highest BCUT2D eigenvalue weighted by Crippen LogP contribution is 2.21. The summed E-state index contributed by atoms with van der Waals surface area (Å²) in [6.07, 6.45) is 1.56. The highest BCUT2D eigenvalue weighted by molar-refractivity contribution is 7.89. The Bertz CT molecular complexity index is 707. The van der Waals surface area contributed by atoms with E-state index in [1.807, 2.05) is 0 Å². The molecule has 0 saturated heterocycles. The van der Waals surface area contributed by atoms with E-state index in [0.29, 0.717) is 5.57 Å². The van der Waals surface area contributed by atoms with Gasteiger partial charge in [0.1, 0.15) is 0 Å². The number of hydrogen-bond donors (Lipinski definition) is 2. The van der Waals surface area contributed by atoms with Crippen LogP contribution in [0.4, 0.5) is 0 Å². The maximum absolute atomic E-state index is 12.4. The van der Waals surface area contributed by atoms with Crippen molar-refractivity contribution in [3.05, 3.63) is 41.5 Å². The van der Waals surface area contributed by atoms with Crippen LogP contribution in [0.3, 0.4) is 0 Å². The van der Waals surface area contributed by atoms with E-state index in [2.05, 4.69) is 5.32 Å². The number of carboxylic acid groups (broad SMARTS) is 1. The largest absolute Gasteiger partial charge is 0.478 e. The Labute approximate surface area is 121 Å². The molecule has 2 N–H and O–H groups in total. The van der Waals surface area contributed by atoms with Gasteiger partial charge >= 0.3 is 5.97 Å². The molecule has 0 aromatic heterocycles. The highest BCUT2D eigenvalue weighted by atomic mass is 32.2. The van der Waals surface area contributed by atoms with Crippen LogP contribution in [0, 0.1) is 0 Å². The van der Waals surface area contributed by atoms with Crippen LogP contribution in [0.1, 0.15) is 10.4 Å². The van der Waals surface area contributed by atoms with Crippen LogP contribution in [-0.2, 0) is 14.8 Å². The summed E-state index contributed by atoms with van der Waals surface area (Å²) in [5, 5.41) is 11.2. The standard InChI is InChI=1S/C13H14N2O5S/c1-14-12(16)10-6-7-15(8-10)21(19,20)11-4-2-9(3-5-11)13(17)18/h2-6H,7-8H2,1H3,(H,14,16)(H,17,18). The molecule has 0 spiro atoms. The van der Waals surface area contributed by atoms with Crippen LogP contribution in [0.5, 0.6) is 0 Å². The molecule has 0 unspecified atom stereocenters. The van der Waals surface area contributed by atoms with Crippen LogP contribution in [0.2, 0.25) is 0 Å². The average molecular weight is 310 g/mol. The molecule has 1 amide bonds. The predicted molar refractivity (Wildman–Crippen MR) is 74.3 cm³/mol. The second-order valence-electron chi connectivity index (χ2n) is 4.44. The Hall–Kier alpha value is -2.19. The molecule has 112 valence electrons. The lowest BCUT2D eigenvalue weighted by atomic mass is 10.2. The van der Waals surface area contributed by atoms with Crippen molar-refractivity contribution < 1.29 is 23.1 Å². The van der Waals surface area contributed by atoms with E-state index in [1.54, 1.807) is 6.08 Å². The number of aromatic carboxylic acids is 1. The van der Waals surface area contributed by atoms with Gasteiger partial charge < -0.3 is 10.4 Å². The Morgan fingerprint density at radius 2 is 1.86 bits per heavy atom. The molecular weight excluding hydrogens is 296 g/mol. The van der Waals surface area contributed by atoms with Crippen LogP contribution < -0.4 is 5.32 Å². The van der Waals surface area contributed by atoms with E-state index in [0.717, 1.165) is 4.31 Å². The van der Waals surface area contributed by atoms with Gasteiger partial charge in [0.25, 0.3) is 0 Å². The van der Waals surface area contributed by atoms with Crippen LogP contribution in [0.15, 0.2) is 40.8 Å². The van der Waals surface area contributed by atoms with Crippen molar-refractivity contribution in [3.8, 4) is 0 Å². The van der Waals surface area contributed by atoms with E-state index >= 15 is 0 Å². The van der Waals surface area contributed by atoms with Gasteiger partial charge in [-0.15, -0.1) is 0 Å². The molecule has 1 aliphatic heterocycles. The number of amides is 1. The molecule has 1 aromatic carbocycles. The monoisotopic (exact) mass is 310 g/mol. The third-order valence-electron chi connectivity index (χ3n) is 3.15. The van der Waals surface area contributed by atoms with Crippen LogP contribution in [-0.4, -0.2) is 49.8 Å². The summed E-state index contributed by atoms with van der Waals surface area (Å²) in [4.78, 5) is 22.2. The summed E-state index contributed by atoms with van der Waals surface area (Å²) >= 11 is 0. The third kappa shape index (κ3) is 2.96. The summed E-state index contributed by atoms with van der Waals surface area (Å²) in [6.45, 7) is 0.120. The first-order chi connectivity index (χ1) is 9.86. The van der Waals surface area contributed by atoms with Crippen LogP contribution >= 0.6 is 0 Å². The van der Waals surface area contributed by atoms with Gasteiger partial charge in [-0.25, -0.2) is 13.2 Å². The van der Waals surface area contributed by atoms with E-state index in [9.17, 15) is 18.0 Å². The number of sulfonamides is 1. The molecule has 1 aromatic rings. The summed E-state index contributed by atoms with van der Waals surface area (Å²) in [7, 11) is -2.27. The zero-order chi connectivity index (χ0) is 15.6. The summed E-state index contributed by atoms with van der Waals surface area (Å²) in [5.41, 5.74) is 0.405. The van der Waals surface area contributed by atoms with E-state index < -0.39 is 16.0 Å². The number of rotatable bonds is 4. The predicted octanol–water partition coefficient (Wildman–Crippen LogP) is 0.0615. The zero-order valence-electron chi connectivity index (χ0n) is 11.2. The number of carbonyl (C=O) groups is 2. The molecule has 2 rings (SSSR count). The minimum absolute atomic E-state index is 0.000873. The molecule has 0 atom stereocenters. The van der Waals surface area contributed by atoms with Crippen molar-refractivity contribution in [2.24, 2.45) is 0 Å². The average Bonchev–Trinajstić information content (AvgIpc) is 2.97. The number of benzene rings is 1. The van der Waals surface area contributed by atoms with Crippen molar-refractivity contribution >= 4 is 21.9 Å². The number of nitrogens with one attached hydrogen (secondary N) is 1. The van der Waals surface area contributed by atoms with Crippen molar-refractivity contribution in [2.75, 3.05) is 20.1 Å². The van der Waals surface area contributed by atoms with Gasteiger partial charge in [-0.2, -0.15) is 4.31 Å². The second-order valence-corrected chi connectivity index (χ2v) is 6.37. The summed E-state index contributed by atoms with van der Waals surface area (Å²) in [6, 6.07) is 4.96. The number of hydrogen-bond acceptors (Lipinski definition) is 4. The van der Waals surface area contributed by atoms with Gasteiger partial charge in [0, 0.05) is 25.7 Å². The minimum Gasteiger partial charge on any atom is -0.478 e. The topological polar surface area (TPSA) is 104 Å². The van der Waals surface area contributed by atoms with Crippen LogP contribution in [0.25, 0.3) is 0 Å². The lowest BCUT2D eigenvalue weighted by Gasteiger charge is -2.16. The fourth-order valence-corrected chi connectivity index (χ4v) is 3.32. The summed E-state index contributed by atoms with van der Waals surface area (Å²) in [5.74, 6) is -1.43. The van der Waals surface area contributed by atoms with Gasteiger partial charge in [-0.1, -0.05) is 6.08 Å². The zero-order valence-corrected chi connectivity index (χ0v) is 12.1. The molecule has 0 bridgehead atoms. The molecule has 1 aliphatic rings. The highest BCUT2D eigenvalue weighted by Gasteiger charge is 2.30. The number of carbonyl (C=O) groups excluding carboxylic acids is 1. The molecular formula is C13H14N2O5S. The molecule has 0 radical (unpaired) electrons. The Morgan fingerprint density at radius 1 is 1.24 bits per heavy atom. The first kappa shape index (κ1) is 15.2. The molecule has 1 heterocycles. The van der Waals surface area contributed by atoms with Crippen molar-refractivity contribution in [2.45, 2.75) is 4.90 Å². The van der Waals surface area contributed by atoms with Gasteiger partial charge in [0.2, 0.25) is 15.9 Å². The van der Waals surface area contributed by atoms with Gasteiger partial charge in [0.05, 0.1) is 10.5 Å². The lowest BCUT2D eigenvalue weighted by molar-refractivity contribution is -0.117. The van der Waals surface area contributed by atoms with E-state index in [4.69, 9.17) is 5.11 Å². The smallest absolute Gasteiger partial charge is 0.335 e. The molecule has 7 nitrogen and oxygen atoms in total. The number of likely N-dealkylation sites (N-methyl/N-ethyl adjacent to an activating group) is 1. The molecule has 0 fully saturated rings. The Morgan fingerprint density at radius 3 is 2.38 bits per heavy atom. The maximum Gasteiger partial charge on any atom is 0.335 e. The SMILES string of the molecule is CNC(=O)C1=CCN(S(=O)(=O)c2ccc(C(=O)O)cc2)C1. The van der Waals surface area contributed by atoms with E-state index in [1.165, 1.54) is 31.3 Å². The second kappa shape index (κ2) is 5.66. The first-order valence-corrected chi connectivity index (χ1v) is 7.55. The minimum atomic E-state index is -3.75. The lowest BCUT2D eigenvalue weighted by Crippen LogP contribution is -2.31. The van der Waals surface area contributed by atoms with Crippen molar-refractivity contribution in [1.82, 2.24) is 9.62 Å². The molecule has 8 heteroatoms. The van der Waals surface area contributed by atoms with Gasteiger partial charge in [-0.05, 0) is 24.3 Å². The fraction of sp³-hybridized carbons (Fsp3) is 0.231. The Kier molecular flexibility index (Phi) is 4.10. The number of carboxylic acids is 1. The van der Waals surface area contributed by atoms with Crippen molar-refractivity contribution in [1.29, 1.82) is 0 Å². The van der Waals surface area contributed by atoms with E-state index in [-0.39, 0.29) is 29.5 Å². The normalized spacial score (nSPS) is 15.6.